The van der Waals surface area contributed by atoms with E-state index in [9.17, 15) is 19.1 Å². The quantitative estimate of drug-likeness (QED) is 0.379. The van der Waals surface area contributed by atoms with E-state index in [1.54, 1.807) is 30.3 Å². The van der Waals surface area contributed by atoms with Gasteiger partial charge in [0, 0.05) is 37.0 Å². The molecule has 3 aromatic rings. The summed E-state index contributed by atoms with van der Waals surface area (Å²) in [5.74, 6) is -0.0983. The van der Waals surface area contributed by atoms with Crippen LogP contribution in [0.25, 0.3) is 10.9 Å². The molecule has 186 valence electrons. The number of nitrogens with zero attached hydrogens (tertiary/aromatic N) is 1. The molecule has 0 atom stereocenters. The second-order valence-electron chi connectivity index (χ2n) is 9.33. The first-order valence-electron chi connectivity index (χ1n) is 12.6. The van der Waals surface area contributed by atoms with Crippen molar-refractivity contribution in [2.45, 2.75) is 57.4 Å². The maximum absolute atomic E-state index is 14.0. The van der Waals surface area contributed by atoms with Gasteiger partial charge in [0.25, 0.3) is 0 Å². The number of aryl methyl sites for hydroxylation is 1. The number of halogens is 1. The number of fused-ring (bicyclic) bond motifs is 1. The second kappa shape index (κ2) is 12.0. The lowest BCUT2D eigenvalue weighted by Crippen LogP contribution is -2.45. The highest BCUT2D eigenvalue weighted by Gasteiger charge is 2.25. The Labute approximate surface area is 205 Å². The first kappa shape index (κ1) is 24.9. The van der Waals surface area contributed by atoms with Crippen LogP contribution in [-0.4, -0.2) is 46.6 Å². The number of aromatic nitrogens is 1. The minimum Gasteiger partial charge on any atom is -0.506 e. The molecule has 0 radical (unpaired) electrons. The summed E-state index contributed by atoms with van der Waals surface area (Å²) in [4.78, 5) is 29.5. The minimum absolute atomic E-state index is 0.0615. The zero-order chi connectivity index (χ0) is 24.6. The third-order valence-corrected chi connectivity index (χ3v) is 6.97. The van der Waals surface area contributed by atoms with Gasteiger partial charge in [-0.2, -0.15) is 0 Å². The molecule has 2 aromatic carbocycles. The van der Waals surface area contributed by atoms with Crippen LogP contribution in [0.1, 0.15) is 49.7 Å². The molecule has 1 aromatic heterocycles. The highest BCUT2D eigenvalue weighted by atomic mass is 19.1. The lowest BCUT2D eigenvalue weighted by molar-refractivity contribution is -0.134. The van der Waals surface area contributed by atoms with Crippen LogP contribution in [-0.2, 0) is 17.6 Å². The minimum atomic E-state index is -0.253. The molecule has 4 rings (SSSR count). The first-order chi connectivity index (χ1) is 17.0. The number of aromatic amines is 1. The van der Waals surface area contributed by atoms with E-state index in [4.69, 9.17) is 0 Å². The number of hydrogen-bond donors (Lipinski definition) is 3. The van der Waals surface area contributed by atoms with Crippen LogP contribution in [0.15, 0.2) is 53.3 Å². The summed E-state index contributed by atoms with van der Waals surface area (Å²) < 4.78 is 14.0. The van der Waals surface area contributed by atoms with Crippen LogP contribution < -0.4 is 10.9 Å². The monoisotopic (exact) mass is 479 g/mol. The molecule has 35 heavy (non-hydrogen) atoms. The third-order valence-electron chi connectivity index (χ3n) is 6.97. The molecule has 0 unspecified atom stereocenters. The number of rotatable bonds is 10. The van der Waals surface area contributed by atoms with Gasteiger partial charge in [-0.1, -0.05) is 43.5 Å². The third kappa shape index (κ3) is 6.48. The Kier molecular flexibility index (Phi) is 8.53. The predicted molar refractivity (Wildman–Crippen MR) is 136 cm³/mol. The van der Waals surface area contributed by atoms with E-state index in [0.29, 0.717) is 43.6 Å². The number of H-pyrrole nitrogens is 1. The van der Waals surface area contributed by atoms with Crippen LogP contribution in [0.2, 0.25) is 0 Å². The van der Waals surface area contributed by atoms with Crippen molar-refractivity contribution < 1.29 is 14.3 Å². The number of pyridine rings is 1. The van der Waals surface area contributed by atoms with Gasteiger partial charge in [-0.25, -0.2) is 4.39 Å². The van der Waals surface area contributed by atoms with Crippen molar-refractivity contribution in [3.63, 3.8) is 0 Å². The maximum atomic E-state index is 14.0. The number of amides is 1. The van der Waals surface area contributed by atoms with Gasteiger partial charge in [0.2, 0.25) is 11.5 Å². The van der Waals surface area contributed by atoms with Gasteiger partial charge in [-0.3, -0.25) is 9.59 Å². The van der Waals surface area contributed by atoms with Crippen molar-refractivity contribution in [1.29, 1.82) is 0 Å². The largest absolute Gasteiger partial charge is 0.506 e. The normalized spacial score (nSPS) is 14.3. The molecule has 0 aliphatic heterocycles. The van der Waals surface area contributed by atoms with Crippen LogP contribution in [0.4, 0.5) is 4.39 Å². The number of aromatic hydroxyl groups is 1. The average Bonchev–Trinajstić information content (AvgIpc) is 2.87. The summed E-state index contributed by atoms with van der Waals surface area (Å²) >= 11 is 0. The summed E-state index contributed by atoms with van der Waals surface area (Å²) in [6.07, 6.45) is 7.03. The predicted octanol–water partition coefficient (Wildman–Crippen LogP) is 4.30. The van der Waals surface area contributed by atoms with E-state index in [1.807, 2.05) is 11.0 Å². The molecule has 0 bridgehead atoms. The fraction of sp³-hybridized carbons (Fsp3) is 0.429. The van der Waals surface area contributed by atoms with Crippen LogP contribution >= 0.6 is 0 Å². The van der Waals surface area contributed by atoms with Gasteiger partial charge >= 0.3 is 0 Å². The number of carbonyl (C=O) groups excluding carboxylic acids is 1. The molecule has 1 amide bonds. The molecule has 0 spiro atoms. The summed E-state index contributed by atoms with van der Waals surface area (Å²) in [6.45, 7) is 2.01. The number of phenols is 1. The number of carbonyl (C=O) groups is 1. The Hall–Kier alpha value is -3.19. The second-order valence-corrected chi connectivity index (χ2v) is 9.33. The van der Waals surface area contributed by atoms with Gasteiger partial charge in [-0.15, -0.1) is 0 Å². The van der Waals surface area contributed by atoms with Gasteiger partial charge in [0.1, 0.15) is 11.6 Å². The summed E-state index contributed by atoms with van der Waals surface area (Å²) in [6, 6.07) is 13.6. The van der Waals surface area contributed by atoms with Gasteiger partial charge < -0.3 is 20.3 Å². The first-order valence-corrected chi connectivity index (χ1v) is 12.6. The molecule has 1 fully saturated rings. The molecule has 1 aliphatic carbocycles. The number of phenolic OH excluding ortho intramolecular Hbond substituents is 1. The summed E-state index contributed by atoms with van der Waals surface area (Å²) in [7, 11) is 0. The van der Waals surface area contributed by atoms with Crippen LogP contribution in [0, 0.1) is 5.82 Å². The maximum Gasteiger partial charge on any atom is 0.248 e. The number of hydrogen-bond acceptors (Lipinski definition) is 4. The smallest absolute Gasteiger partial charge is 0.248 e. The molecule has 1 saturated carbocycles. The molecule has 7 heteroatoms. The van der Waals surface area contributed by atoms with E-state index in [1.165, 1.54) is 18.6 Å². The summed E-state index contributed by atoms with van der Waals surface area (Å²) in [5, 5.41) is 14.3. The lowest BCUT2D eigenvalue weighted by Gasteiger charge is -2.34. The van der Waals surface area contributed by atoms with Crippen molar-refractivity contribution in [3.05, 3.63) is 75.8 Å². The molecule has 6 nitrogen and oxygen atoms in total. The van der Waals surface area contributed by atoms with Crippen LogP contribution in [0.3, 0.4) is 0 Å². The van der Waals surface area contributed by atoms with Gasteiger partial charge in [0.15, 0.2) is 0 Å². The van der Waals surface area contributed by atoms with Gasteiger partial charge in [-0.05, 0) is 61.6 Å². The Morgan fingerprint density at radius 1 is 1.00 bits per heavy atom. The van der Waals surface area contributed by atoms with Crippen molar-refractivity contribution in [2.24, 2.45) is 0 Å². The van der Waals surface area contributed by atoms with Crippen LogP contribution in [0.5, 0.6) is 5.75 Å². The number of benzene rings is 2. The Bertz CT molecular complexity index is 1200. The fourth-order valence-corrected chi connectivity index (χ4v) is 5.05. The standard InChI is InChI=1S/C28H34FN3O3/c29-24-9-5-4-6-21(24)11-15-27(35)32(22-7-2-1-3-8-22)19-18-30-17-16-20-10-13-25(33)28-23(20)12-14-26(34)31-28/h4-6,9-10,12-14,22,30,33H,1-3,7-8,11,15-19H2,(H,31,34). The molecule has 3 N–H and O–H groups in total. The van der Waals surface area contributed by atoms with E-state index in [2.05, 4.69) is 10.3 Å². The Morgan fingerprint density at radius 2 is 1.80 bits per heavy atom. The topological polar surface area (TPSA) is 85.4 Å². The fourth-order valence-electron chi connectivity index (χ4n) is 5.05. The number of nitrogens with one attached hydrogen (secondary N) is 2. The average molecular weight is 480 g/mol. The SMILES string of the molecule is O=C(CCc1ccccc1F)N(CCNCCc1ccc(O)c2[nH]c(=O)ccc12)C1CCCCC1. The van der Waals surface area contributed by atoms with E-state index in [0.717, 1.165) is 43.1 Å². The lowest BCUT2D eigenvalue weighted by atomic mass is 9.93. The Balaban J connectivity index is 1.32. The van der Waals surface area contributed by atoms with Crippen molar-refractivity contribution in [3.8, 4) is 5.75 Å². The van der Waals surface area contributed by atoms with E-state index >= 15 is 0 Å². The van der Waals surface area contributed by atoms with Crippen molar-refractivity contribution >= 4 is 16.8 Å². The van der Waals surface area contributed by atoms with Gasteiger partial charge in [0.05, 0.1) is 5.52 Å². The molecule has 1 aliphatic rings. The highest BCUT2D eigenvalue weighted by Crippen LogP contribution is 2.25. The molecule has 0 saturated heterocycles. The zero-order valence-corrected chi connectivity index (χ0v) is 20.1. The summed E-state index contributed by atoms with van der Waals surface area (Å²) in [5.41, 5.74) is 1.83. The molecule has 1 heterocycles. The highest BCUT2D eigenvalue weighted by molar-refractivity contribution is 5.87. The Morgan fingerprint density at radius 3 is 2.60 bits per heavy atom. The van der Waals surface area contributed by atoms with Crippen molar-refractivity contribution in [1.82, 2.24) is 15.2 Å². The molecular formula is C28H34FN3O3. The molecular weight excluding hydrogens is 445 g/mol. The zero-order valence-electron chi connectivity index (χ0n) is 20.1. The van der Waals surface area contributed by atoms with E-state index < -0.39 is 0 Å². The van der Waals surface area contributed by atoms with Crippen molar-refractivity contribution in [2.75, 3.05) is 19.6 Å². The van der Waals surface area contributed by atoms with E-state index in [-0.39, 0.29) is 29.1 Å².